The predicted octanol–water partition coefficient (Wildman–Crippen LogP) is 1.52. The maximum Gasteiger partial charge on any atom is 0.331 e. The van der Waals surface area contributed by atoms with Crippen molar-refractivity contribution >= 4 is 23.5 Å². The molecule has 2 rings (SSSR count). The molecular weight excluding hydrogens is 356 g/mol. The van der Waals surface area contributed by atoms with E-state index in [9.17, 15) is 19.5 Å². The summed E-state index contributed by atoms with van der Waals surface area (Å²) in [5.41, 5.74) is -1.11. The van der Waals surface area contributed by atoms with Gasteiger partial charge in [0.25, 0.3) is 11.8 Å². The van der Waals surface area contributed by atoms with Crippen LogP contribution in [0.15, 0.2) is 47.1 Å². The Morgan fingerprint density at radius 2 is 2.00 bits per heavy atom. The van der Waals surface area contributed by atoms with Gasteiger partial charge in [-0.05, 0) is 31.2 Å². The highest BCUT2D eigenvalue weighted by atomic mass is 16.5. The molecule has 0 aliphatic rings. The number of carbonyl (C=O) groups excluding carboxylic acids is 2. The number of amides is 2. The van der Waals surface area contributed by atoms with Crippen molar-refractivity contribution in [3.8, 4) is 5.75 Å². The third-order valence-electron chi connectivity index (χ3n) is 3.53. The Balaban J connectivity index is 1.93. The molecule has 0 saturated heterocycles. The number of rotatable bonds is 9. The SMILES string of the molecule is COCC(C)(NC(=O)COc1cccc(NC(=O)c2ccco2)c1)C(=O)O. The molecule has 2 amide bonds. The van der Waals surface area contributed by atoms with E-state index in [2.05, 4.69) is 10.6 Å². The number of nitrogens with one attached hydrogen (secondary N) is 2. The Morgan fingerprint density at radius 3 is 2.63 bits per heavy atom. The molecular formula is C18H20N2O7. The molecule has 0 aliphatic carbocycles. The van der Waals surface area contributed by atoms with Crippen molar-refractivity contribution in [1.82, 2.24) is 5.32 Å². The second kappa shape index (κ2) is 8.86. The van der Waals surface area contributed by atoms with Crippen molar-refractivity contribution in [3.63, 3.8) is 0 Å². The normalized spacial score (nSPS) is 12.7. The minimum Gasteiger partial charge on any atom is -0.484 e. The zero-order chi connectivity index (χ0) is 19.9. The molecule has 1 aromatic carbocycles. The number of benzene rings is 1. The van der Waals surface area contributed by atoms with Gasteiger partial charge in [-0.2, -0.15) is 0 Å². The van der Waals surface area contributed by atoms with Crippen LogP contribution in [0.1, 0.15) is 17.5 Å². The van der Waals surface area contributed by atoms with Crippen LogP contribution in [0.2, 0.25) is 0 Å². The van der Waals surface area contributed by atoms with Gasteiger partial charge >= 0.3 is 5.97 Å². The van der Waals surface area contributed by atoms with Crippen LogP contribution in [0.4, 0.5) is 5.69 Å². The third kappa shape index (κ3) is 5.58. The van der Waals surface area contributed by atoms with Gasteiger partial charge in [0.15, 0.2) is 17.9 Å². The van der Waals surface area contributed by atoms with Crippen LogP contribution in [0.25, 0.3) is 0 Å². The summed E-state index contributed by atoms with van der Waals surface area (Å²) in [6, 6.07) is 9.53. The molecule has 1 unspecified atom stereocenters. The van der Waals surface area contributed by atoms with Gasteiger partial charge in [-0.15, -0.1) is 0 Å². The average Bonchev–Trinajstić information content (AvgIpc) is 3.15. The second-order valence-electron chi connectivity index (χ2n) is 5.87. The number of hydrogen-bond acceptors (Lipinski definition) is 6. The van der Waals surface area contributed by atoms with E-state index in [-0.39, 0.29) is 12.4 Å². The van der Waals surface area contributed by atoms with E-state index >= 15 is 0 Å². The zero-order valence-electron chi connectivity index (χ0n) is 14.9. The van der Waals surface area contributed by atoms with Crippen molar-refractivity contribution in [2.24, 2.45) is 0 Å². The minimum absolute atomic E-state index is 0.159. The van der Waals surface area contributed by atoms with Crippen molar-refractivity contribution in [1.29, 1.82) is 0 Å². The minimum atomic E-state index is -1.56. The van der Waals surface area contributed by atoms with Crippen molar-refractivity contribution in [3.05, 3.63) is 48.4 Å². The molecule has 1 heterocycles. The van der Waals surface area contributed by atoms with Gasteiger partial charge in [0, 0.05) is 18.9 Å². The Bertz CT molecular complexity index is 804. The molecule has 0 fully saturated rings. The first-order valence-electron chi connectivity index (χ1n) is 7.95. The number of carboxylic acid groups (broad SMARTS) is 1. The number of methoxy groups -OCH3 is 1. The molecule has 9 nitrogen and oxygen atoms in total. The van der Waals surface area contributed by atoms with Gasteiger partial charge in [0.2, 0.25) is 0 Å². The Morgan fingerprint density at radius 1 is 1.22 bits per heavy atom. The Hall–Kier alpha value is -3.33. The van der Waals surface area contributed by atoms with Gasteiger partial charge < -0.3 is 29.6 Å². The molecule has 144 valence electrons. The highest BCUT2D eigenvalue weighted by Gasteiger charge is 2.35. The highest BCUT2D eigenvalue weighted by molar-refractivity contribution is 6.02. The van der Waals surface area contributed by atoms with Gasteiger partial charge in [-0.3, -0.25) is 9.59 Å². The van der Waals surface area contributed by atoms with E-state index in [1.54, 1.807) is 24.3 Å². The van der Waals surface area contributed by atoms with Crippen LogP contribution in [-0.4, -0.2) is 48.8 Å². The first-order valence-corrected chi connectivity index (χ1v) is 7.95. The fourth-order valence-corrected chi connectivity index (χ4v) is 2.20. The Kier molecular flexibility index (Phi) is 6.56. The molecule has 0 spiro atoms. The third-order valence-corrected chi connectivity index (χ3v) is 3.53. The van der Waals surface area contributed by atoms with E-state index in [4.69, 9.17) is 13.9 Å². The quantitative estimate of drug-likeness (QED) is 0.605. The standard InChI is InChI=1S/C18H20N2O7/c1-18(11-25-2,17(23)24)20-15(21)10-27-13-6-3-5-12(9-13)19-16(22)14-7-4-8-26-14/h3-9H,10-11H2,1-2H3,(H,19,22)(H,20,21)(H,23,24). The monoisotopic (exact) mass is 376 g/mol. The molecule has 0 bridgehead atoms. The lowest BCUT2D eigenvalue weighted by Gasteiger charge is -2.25. The highest BCUT2D eigenvalue weighted by Crippen LogP contribution is 2.18. The molecule has 0 aliphatic heterocycles. The number of anilines is 1. The molecule has 0 radical (unpaired) electrons. The van der Waals surface area contributed by atoms with Crippen molar-refractivity contribution in [2.75, 3.05) is 25.6 Å². The van der Waals surface area contributed by atoms with Crippen molar-refractivity contribution < 1.29 is 33.4 Å². The number of carboxylic acids is 1. The van der Waals surface area contributed by atoms with E-state index in [1.165, 1.54) is 32.4 Å². The lowest BCUT2D eigenvalue weighted by atomic mass is 10.0. The maximum absolute atomic E-state index is 12.0. The topological polar surface area (TPSA) is 127 Å². The number of ether oxygens (including phenoxy) is 2. The summed E-state index contributed by atoms with van der Waals surface area (Å²) in [4.78, 5) is 35.2. The van der Waals surface area contributed by atoms with Gasteiger partial charge in [0.1, 0.15) is 5.75 Å². The fraction of sp³-hybridized carbons (Fsp3) is 0.278. The molecule has 9 heteroatoms. The van der Waals surface area contributed by atoms with E-state index in [0.717, 1.165) is 0 Å². The van der Waals surface area contributed by atoms with Gasteiger partial charge in [0.05, 0.1) is 12.9 Å². The number of aliphatic carboxylic acids is 1. The summed E-state index contributed by atoms with van der Waals surface area (Å²) in [5, 5.41) is 14.2. The summed E-state index contributed by atoms with van der Waals surface area (Å²) < 4.78 is 15.2. The van der Waals surface area contributed by atoms with E-state index in [0.29, 0.717) is 11.4 Å². The van der Waals surface area contributed by atoms with Crippen LogP contribution in [0.3, 0.4) is 0 Å². The lowest BCUT2D eigenvalue weighted by molar-refractivity contribution is -0.149. The van der Waals surface area contributed by atoms with Gasteiger partial charge in [-0.25, -0.2) is 4.79 Å². The molecule has 2 aromatic rings. The van der Waals surface area contributed by atoms with Crippen LogP contribution in [0.5, 0.6) is 5.75 Å². The summed E-state index contributed by atoms with van der Waals surface area (Å²) in [5.74, 6) is -1.79. The molecule has 3 N–H and O–H groups in total. The summed E-state index contributed by atoms with van der Waals surface area (Å²) in [6.45, 7) is 0.742. The van der Waals surface area contributed by atoms with Crippen LogP contribution in [-0.2, 0) is 14.3 Å². The van der Waals surface area contributed by atoms with Crippen molar-refractivity contribution in [2.45, 2.75) is 12.5 Å². The second-order valence-corrected chi connectivity index (χ2v) is 5.87. The maximum atomic E-state index is 12.0. The van der Waals surface area contributed by atoms with E-state index < -0.39 is 29.9 Å². The number of furan rings is 1. The molecule has 1 atom stereocenters. The average molecular weight is 376 g/mol. The molecule has 1 aromatic heterocycles. The lowest BCUT2D eigenvalue weighted by Crippen LogP contribution is -2.56. The molecule has 0 saturated carbocycles. The van der Waals surface area contributed by atoms with Crippen LogP contribution < -0.4 is 15.4 Å². The summed E-state index contributed by atoms with van der Waals surface area (Å²) in [6.07, 6.45) is 1.39. The number of hydrogen-bond donors (Lipinski definition) is 3. The molecule has 27 heavy (non-hydrogen) atoms. The first-order chi connectivity index (χ1) is 12.8. The predicted molar refractivity (Wildman–Crippen MR) is 94.7 cm³/mol. The Labute approximate surface area is 155 Å². The summed E-state index contributed by atoms with van der Waals surface area (Å²) in [7, 11) is 1.34. The zero-order valence-corrected chi connectivity index (χ0v) is 14.9. The van der Waals surface area contributed by atoms with Gasteiger partial charge in [-0.1, -0.05) is 6.07 Å². The fourth-order valence-electron chi connectivity index (χ4n) is 2.20. The first kappa shape index (κ1) is 20.0. The largest absolute Gasteiger partial charge is 0.484 e. The van der Waals surface area contributed by atoms with Crippen LogP contribution >= 0.6 is 0 Å². The smallest absolute Gasteiger partial charge is 0.331 e. The van der Waals surface area contributed by atoms with Crippen LogP contribution in [0, 0.1) is 0 Å². The number of carbonyl (C=O) groups is 3. The summed E-state index contributed by atoms with van der Waals surface area (Å²) >= 11 is 0. The van der Waals surface area contributed by atoms with E-state index in [1.807, 2.05) is 0 Å².